The van der Waals surface area contributed by atoms with E-state index in [1.807, 2.05) is 0 Å². The van der Waals surface area contributed by atoms with Gasteiger partial charge in [-0.1, -0.05) is 16.6 Å². The van der Waals surface area contributed by atoms with Gasteiger partial charge >= 0.3 is 5.65 Å². The second-order valence-corrected chi connectivity index (χ2v) is 3.19. The van der Waals surface area contributed by atoms with Crippen LogP contribution in [0.5, 0.6) is 0 Å². The Bertz CT molecular complexity index is 442. The molecule has 0 aromatic carbocycles. The van der Waals surface area contributed by atoms with Crippen LogP contribution >= 0.6 is 11.6 Å². The van der Waals surface area contributed by atoms with E-state index >= 15 is 0 Å². The Labute approximate surface area is 85.5 Å². The van der Waals surface area contributed by atoms with E-state index in [1.165, 1.54) is 0 Å². The number of hydrogen-bond donors (Lipinski definition) is 1. The van der Waals surface area contributed by atoms with Crippen molar-refractivity contribution in [2.75, 3.05) is 13.7 Å². The fourth-order valence-electron chi connectivity index (χ4n) is 1.19. The molecule has 2 aromatic rings. The molecule has 0 aliphatic heterocycles. The lowest BCUT2D eigenvalue weighted by Crippen LogP contribution is -2.05. The van der Waals surface area contributed by atoms with Crippen molar-refractivity contribution in [2.45, 2.75) is 6.42 Å². The molecular formula is C8H10ClN4O+. The summed E-state index contributed by atoms with van der Waals surface area (Å²) in [6.45, 7) is 0.590. The van der Waals surface area contributed by atoms with E-state index in [9.17, 15) is 0 Å². The highest BCUT2D eigenvalue weighted by Crippen LogP contribution is 2.14. The third-order valence-corrected chi connectivity index (χ3v) is 2.14. The van der Waals surface area contributed by atoms with E-state index in [0.29, 0.717) is 24.0 Å². The smallest absolute Gasteiger partial charge is 0.304 e. The van der Waals surface area contributed by atoms with E-state index in [-0.39, 0.29) is 0 Å². The molecule has 14 heavy (non-hydrogen) atoms. The summed E-state index contributed by atoms with van der Waals surface area (Å²) in [5.41, 5.74) is 1.45. The van der Waals surface area contributed by atoms with Gasteiger partial charge in [-0.3, -0.25) is 4.98 Å². The van der Waals surface area contributed by atoms with Crippen LogP contribution in [0.2, 0.25) is 5.15 Å². The highest BCUT2D eigenvalue weighted by molar-refractivity contribution is 6.33. The van der Waals surface area contributed by atoms with Gasteiger partial charge in [0.2, 0.25) is 11.3 Å². The summed E-state index contributed by atoms with van der Waals surface area (Å²) in [6.07, 6.45) is 2.33. The number of aromatic amines is 2. The lowest BCUT2D eigenvalue weighted by atomic mass is 10.4. The summed E-state index contributed by atoms with van der Waals surface area (Å²) in [5.74, 6) is 0.681. The topological polar surface area (TPSA) is 64.9 Å². The molecule has 0 saturated heterocycles. The number of H-pyrrole nitrogens is 2. The van der Waals surface area contributed by atoms with Gasteiger partial charge in [-0.05, 0) is 0 Å². The number of halogens is 1. The molecule has 0 bridgehead atoms. The monoisotopic (exact) mass is 213 g/mol. The number of methoxy groups -OCH3 is 1. The number of nitrogens with one attached hydrogen (secondary N) is 2. The largest absolute Gasteiger partial charge is 0.384 e. The van der Waals surface area contributed by atoms with Crippen LogP contribution in [-0.2, 0) is 11.2 Å². The van der Waals surface area contributed by atoms with Crippen LogP contribution in [0.3, 0.4) is 0 Å². The predicted octanol–water partition coefficient (Wildman–Crippen LogP) is 0.614. The third-order valence-electron chi connectivity index (χ3n) is 1.87. The Hall–Kier alpha value is -1.20. The molecule has 2 heterocycles. The Balaban J connectivity index is 2.38. The first kappa shape index (κ1) is 9.36. The number of fused-ring (bicyclic) bond motifs is 1. The number of imidazole rings is 1. The van der Waals surface area contributed by atoms with Crippen LogP contribution < -0.4 is 4.98 Å². The van der Waals surface area contributed by atoms with Crippen molar-refractivity contribution in [3.63, 3.8) is 0 Å². The zero-order valence-electron chi connectivity index (χ0n) is 7.67. The van der Waals surface area contributed by atoms with Crippen molar-refractivity contribution >= 4 is 22.8 Å². The second-order valence-electron chi connectivity index (χ2n) is 2.83. The van der Waals surface area contributed by atoms with Gasteiger partial charge in [-0.25, -0.2) is 9.97 Å². The molecule has 2 rings (SSSR count). The Kier molecular flexibility index (Phi) is 2.60. The SMILES string of the molecule is COCCc1nc(Cl)c2[nH]c[nH+]c2n1. The summed E-state index contributed by atoms with van der Waals surface area (Å²) >= 11 is 5.94. The maximum Gasteiger partial charge on any atom is 0.304 e. The van der Waals surface area contributed by atoms with Crippen LogP contribution in [0.15, 0.2) is 6.33 Å². The number of aromatic nitrogens is 4. The van der Waals surface area contributed by atoms with Crippen molar-refractivity contribution in [1.29, 1.82) is 0 Å². The Morgan fingerprint density at radius 2 is 2.43 bits per heavy atom. The molecule has 0 fully saturated rings. The van der Waals surface area contributed by atoms with Crippen LogP contribution in [0.25, 0.3) is 11.2 Å². The number of nitrogens with zero attached hydrogens (tertiary/aromatic N) is 2. The molecule has 0 atom stereocenters. The molecule has 6 heteroatoms. The Morgan fingerprint density at radius 3 is 3.21 bits per heavy atom. The van der Waals surface area contributed by atoms with Crippen LogP contribution in [0, 0.1) is 0 Å². The standard InChI is InChI=1S/C8H9ClN4O/c1-14-3-2-5-12-7(9)6-8(13-5)11-4-10-6/h4H,2-3H2,1H3,(H,10,11,12,13)/p+1. The van der Waals surface area contributed by atoms with Crippen molar-refractivity contribution < 1.29 is 9.72 Å². The van der Waals surface area contributed by atoms with Crippen LogP contribution in [0.1, 0.15) is 5.82 Å². The Morgan fingerprint density at radius 1 is 1.57 bits per heavy atom. The van der Waals surface area contributed by atoms with E-state index in [0.717, 1.165) is 11.2 Å². The van der Waals surface area contributed by atoms with Crippen molar-refractivity contribution in [1.82, 2.24) is 15.0 Å². The predicted molar refractivity (Wildman–Crippen MR) is 51.0 cm³/mol. The van der Waals surface area contributed by atoms with E-state index in [1.54, 1.807) is 13.4 Å². The zero-order valence-corrected chi connectivity index (χ0v) is 8.43. The van der Waals surface area contributed by atoms with Gasteiger partial charge in [0.05, 0.1) is 6.61 Å². The van der Waals surface area contributed by atoms with Crippen LogP contribution in [-0.4, -0.2) is 28.7 Å². The van der Waals surface area contributed by atoms with Gasteiger partial charge in [0, 0.05) is 13.5 Å². The van der Waals surface area contributed by atoms with Crippen molar-refractivity contribution in [2.24, 2.45) is 0 Å². The summed E-state index contributed by atoms with van der Waals surface area (Å²) in [6, 6.07) is 0. The maximum absolute atomic E-state index is 5.94. The van der Waals surface area contributed by atoms with Gasteiger partial charge in [0.15, 0.2) is 11.5 Å². The highest BCUT2D eigenvalue weighted by atomic mass is 35.5. The second kappa shape index (κ2) is 3.89. The first-order valence-corrected chi connectivity index (χ1v) is 4.59. The van der Waals surface area contributed by atoms with E-state index < -0.39 is 0 Å². The minimum Gasteiger partial charge on any atom is -0.384 e. The van der Waals surface area contributed by atoms with Gasteiger partial charge in [0.1, 0.15) is 0 Å². The molecule has 0 aliphatic carbocycles. The summed E-state index contributed by atoms with van der Waals surface area (Å²) in [4.78, 5) is 14.3. The average Bonchev–Trinajstić information content (AvgIpc) is 2.63. The van der Waals surface area contributed by atoms with Gasteiger partial charge in [-0.2, -0.15) is 0 Å². The van der Waals surface area contributed by atoms with Gasteiger partial charge in [0.25, 0.3) is 0 Å². The molecule has 5 nitrogen and oxygen atoms in total. The fraction of sp³-hybridized carbons (Fsp3) is 0.375. The van der Waals surface area contributed by atoms with Crippen molar-refractivity contribution in [3.05, 3.63) is 17.3 Å². The maximum atomic E-state index is 5.94. The number of ether oxygens (including phenoxy) is 1. The van der Waals surface area contributed by atoms with Gasteiger partial charge < -0.3 is 4.74 Å². The lowest BCUT2D eigenvalue weighted by Gasteiger charge is -1.95. The quantitative estimate of drug-likeness (QED) is 0.760. The molecule has 0 unspecified atom stereocenters. The number of hydrogen-bond acceptors (Lipinski definition) is 3. The minimum atomic E-state index is 0.433. The minimum absolute atomic E-state index is 0.433. The molecule has 74 valence electrons. The summed E-state index contributed by atoms with van der Waals surface area (Å²) < 4.78 is 4.94. The van der Waals surface area contributed by atoms with E-state index in [2.05, 4.69) is 19.9 Å². The molecule has 2 N–H and O–H groups in total. The molecule has 2 aromatic heterocycles. The first-order chi connectivity index (χ1) is 6.81. The number of rotatable bonds is 3. The average molecular weight is 214 g/mol. The zero-order chi connectivity index (χ0) is 9.97. The summed E-state index contributed by atoms with van der Waals surface area (Å²) in [5, 5.41) is 0.433. The highest BCUT2D eigenvalue weighted by Gasteiger charge is 2.13. The normalized spacial score (nSPS) is 11.0. The third kappa shape index (κ3) is 1.69. The van der Waals surface area contributed by atoms with Crippen molar-refractivity contribution in [3.8, 4) is 0 Å². The lowest BCUT2D eigenvalue weighted by molar-refractivity contribution is -0.347. The molecular weight excluding hydrogens is 204 g/mol. The molecule has 0 saturated carbocycles. The van der Waals surface area contributed by atoms with E-state index in [4.69, 9.17) is 16.3 Å². The van der Waals surface area contributed by atoms with Crippen LogP contribution in [0.4, 0.5) is 0 Å². The molecule has 0 amide bonds. The molecule has 0 aliphatic rings. The molecule has 0 radical (unpaired) electrons. The molecule has 0 spiro atoms. The summed E-state index contributed by atoms with van der Waals surface area (Å²) in [7, 11) is 1.64. The van der Waals surface area contributed by atoms with Gasteiger partial charge in [-0.15, -0.1) is 0 Å². The fourth-order valence-corrected chi connectivity index (χ4v) is 1.43. The first-order valence-electron chi connectivity index (χ1n) is 4.21.